The van der Waals surface area contributed by atoms with E-state index in [1.807, 2.05) is 0 Å². The van der Waals surface area contributed by atoms with E-state index < -0.39 is 17.5 Å². The van der Waals surface area contributed by atoms with Crippen LogP contribution >= 0.6 is 11.6 Å². The molecule has 1 aliphatic rings. The molecule has 0 spiro atoms. The van der Waals surface area contributed by atoms with E-state index in [-0.39, 0.29) is 11.3 Å². The van der Waals surface area contributed by atoms with Crippen molar-refractivity contribution in [2.45, 2.75) is 19.6 Å². The highest BCUT2D eigenvalue weighted by molar-refractivity contribution is 6.32. The van der Waals surface area contributed by atoms with Gasteiger partial charge in [-0.25, -0.2) is 4.39 Å². The van der Waals surface area contributed by atoms with Crippen molar-refractivity contribution in [3.05, 3.63) is 80.9 Å². The first kappa shape index (κ1) is 22.0. The summed E-state index contributed by atoms with van der Waals surface area (Å²) in [6.45, 7) is 2.27. The van der Waals surface area contributed by atoms with E-state index in [2.05, 4.69) is 0 Å². The van der Waals surface area contributed by atoms with Crippen molar-refractivity contribution in [3.63, 3.8) is 0 Å². The minimum absolute atomic E-state index is 0.0198. The summed E-state index contributed by atoms with van der Waals surface area (Å²) in [7, 11) is 1.61. The van der Waals surface area contributed by atoms with Crippen LogP contribution in [0.1, 0.15) is 35.5 Å². The molecule has 166 valence electrons. The van der Waals surface area contributed by atoms with Crippen LogP contribution in [0.4, 0.5) is 4.39 Å². The first-order valence-corrected chi connectivity index (χ1v) is 10.4. The molecule has 2 aromatic carbocycles. The van der Waals surface area contributed by atoms with Gasteiger partial charge in [0.2, 0.25) is 6.23 Å². The molecule has 0 radical (unpaired) electrons. The van der Waals surface area contributed by atoms with Gasteiger partial charge in [-0.2, -0.15) is 0 Å². The highest BCUT2D eigenvalue weighted by Gasteiger charge is 2.29. The lowest BCUT2D eigenvalue weighted by atomic mass is 10.0. The van der Waals surface area contributed by atoms with Crippen molar-refractivity contribution < 1.29 is 23.4 Å². The fourth-order valence-electron chi connectivity index (χ4n) is 3.62. The molecule has 3 aromatic rings. The summed E-state index contributed by atoms with van der Waals surface area (Å²) < 4.78 is 32.6. The predicted molar refractivity (Wildman–Crippen MR) is 118 cm³/mol. The standard InChI is InChI=1S/C24H21ClFNO5/c1-14(28)18-13-27-20(11-21(18)29)17-10-19(25)23(31-8-4-7-30-2)12-22(17)32-24(27)15-5-3-6-16(26)9-15/h3,5-6,9-13,24H,4,7-8H2,1-2H3. The maximum absolute atomic E-state index is 14.0. The first-order valence-electron chi connectivity index (χ1n) is 10.0. The van der Waals surface area contributed by atoms with Crippen molar-refractivity contribution in [3.8, 4) is 22.8 Å². The van der Waals surface area contributed by atoms with Gasteiger partial charge >= 0.3 is 0 Å². The molecule has 0 aliphatic carbocycles. The van der Waals surface area contributed by atoms with Crippen LogP contribution in [0.15, 0.2) is 53.5 Å². The van der Waals surface area contributed by atoms with Crippen molar-refractivity contribution in [1.29, 1.82) is 0 Å². The van der Waals surface area contributed by atoms with Crippen LogP contribution in [-0.2, 0) is 4.74 Å². The van der Waals surface area contributed by atoms with Gasteiger partial charge in [-0.05, 0) is 25.1 Å². The molecule has 0 bridgehead atoms. The van der Waals surface area contributed by atoms with Gasteiger partial charge in [-0.15, -0.1) is 0 Å². The minimum Gasteiger partial charge on any atom is -0.492 e. The van der Waals surface area contributed by atoms with Gasteiger partial charge in [0.25, 0.3) is 0 Å². The number of ketones is 1. The minimum atomic E-state index is -0.797. The van der Waals surface area contributed by atoms with E-state index in [4.69, 9.17) is 25.8 Å². The zero-order valence-electron chi connectivity index (χ0n) is 17.6. The number of fused-ring (bicyclic) bond motifs is 3. The Kier molecular flexibility index (Phi) is 6.30. The molecule has 2 heterocycles. The molecule has 4 rings (SSSR count). The Bertz CT molecular complexity index is 1240. The number of aromatic nitrogens is 1. The van der Waals surface area contributed by atoms with Crippen molar-refractivity contribution in [2.24, 2.45) is 0 Å². The summed E-state index contributed by atoms with van der Waals surface area (Å²) in [5, 5.41) is 0.351. The molecule has 0 fully saturated rings. The van der Waals surface area contributed by atoms with E-state index in [9.17, 15) is 14.0 Å². The number of nitrogens with zero attached hydrogens (tertiary/aromatic N) is 1. The average molecular weight is 458 g/mol. The Hall–Kier alpha value is -3.16. The Morgan fingerprint density at radius 1 is 1.22 bits per heavy atom. The van der Waals surface area contributed by atoms with Gasteiger partial charge in [0.1, 0.15) is 17.3 Å². The van der Waals surface area contributed by atoms with E-state index >= 15 is 0 Å². The Balaban J connectivity index is 1.84. The average Bonchev–Trinajstić information content (AvgIpc) is 2.76. The second-order valence-corrected chi connectivity index (χ2v) is 7.81. The summed E-state index contributed by atoms with van der Waals surface area (Å²) in [6.07, 6.45) is 1.33. The zero-order chi connectivity index (χ0) is 22.8. The molecule has 8 heteroatoms. The summed E-state index contributed by atoms with van der Waals surface area (Å²) in [5.41, 5.74) is 1.20. The predicted octanol–water partition coefficient (Wildman–Crippen LogP) is 4.87. The smallest absolute Gasteiger partial charge is 0.202 e. The van der Waals surface area contributed by atoms with E-state index in [0.717, 1.165) is 0 Å². The lowest BCUT2D eigenvalue weighted by molar-refractivity contribution is 0.101. The molecule has 1 atom stereocenters. The fraction of sp³-hybridized carbons (Fsp3) is 0.250. The number of hydrogen-bond donors (Lipinski definition) is 0. The summed E-state index contributed by atoms with van der Waals surface area (Å²) in [5.74, 6) is 0.0625. The molecule has 1 aromatic heterocycles. The summed E-state index contributed by atoms with van der Waals surface area (Å²) >= 11 is 6.43. The largest absolute Gasteiger partial charge is 0.492 e. The van der Waals surface area contributed by atoms with E-state index in [1.165, 1.54) is 31.3 Å². The van der Waals surface area contributed by atoms with Crippen molar-refractivity contribution in [1.82, 2.24) is 4.57 Å². The summed E-state index contributed by atoms with van der Waals surface area (Å²) in [6, 6.07) is 10.7. The molecule has 0 saturated carbocycles. The van der Waals surface area contributed by atoms with Crippen LogP contribution in [0.25, 0.3) is 11.3 Å². The third kappa shape index (κ3) is 4.26. The fourth-order valence-corrected chi connectivity index (χ4v) is 3.84. The third-order valence-corrected chi connectivity index (χ3v) is 5.44. The maximum atomic E-state index is 14.0. The van der Waals surface area contributed by atoms with E-state index in [1.54, 1.807) is 35.9 Å². The lowest BCUT2D eigenvalue weighted by Crippen LogP contribution is -2.27. The SMILES string of the molecule is COCCCOc1cc2c(cc1Cl)-c1cc(=O)c(C(C)=O)cn1C(c1cccc(F)c1)O2. The van der Waals surface area contributed by atoms with Gasteiger partial charge in [0, 0.05) is 49.6 Å². The van der Waals surface area contributed by atoms with Crippen LogP contribution in [0.5, 0.6) is 11.5 Å². The molecule has 0 N–H and O–H groups in total. The topological polar surface area (TPSA) is 66.8 Å². The van der Waals surface area contributed by atoms with Crippen LogP contribution < -0.4 is 14.9 Å². The number of hydrogen-bond acceptors (Lipinski definition) is 5. The number of methoxy groups -OCH3 is 1. The molecule has 6 nitrogen and oxygen atoms in total. The first-order chi connectivity index (χ1) is 15.4. The quantitative estimate of drug-likeness (QED) is 0.374. The second kappa shape index (κ2) is 9.14. The van der Waals surface area contributed by atoms with Crippen LogP contribution in [0.3, 0.4) is 0 Å². The van der Waals surface area contributed by atoms with Gasteiger partial charge in [-0.3, -0.25) is 9.59 Å². The molecule has 0 amide bonds. The van der Waals surface area contributed by atoms with Crippen LogP contribution in [0, 0.1) is 5.82 Å². The van der Waals surface area contributed by atoms with Gasteiger partial charge in [0.15, 0.2) is 11.2 Å². The molecule has 1 unspecified atom stereocenters. The number of benzene rings is 2. The number of carbonyl (C=O) groups is 1. The maximum Gasteiger partial charge on any atom is 0.202 e. The molecule has 1 aliphatic heterocycles. The normalized spacial score (nSPS) is 14.3. The Morgan fingerprint density at radius 2 is 2.03 bits per heavy atom. The number of Topliss-reactive ketones (excluding diaryl/α,β-unsaturated/α-hetero) is 1. The van der Waals surface area contributed by atoms with E-state index in [0.29, 0.717) is 53.0 Å². The Labute approximate surface area is 189 Å². The molecule has 32 heavy (non-hydrogen) atoms. The Morgan fingerprint density at radius 3 is 2.75 bits per heavy atom. The van der Waals surface area contributed by atoms with Crippen molar-refractivity contribution in [2.75, 3.05) is 20.3 Å². The van der Waals surface area contributed by atoms with Crippen molar-refractivity contribution >= 4 is 17.4 Å². The van der Waals surface area contributed by atoms with Gasteiger partial charge in [-0.1, -0.05) is 23.7 Å². The molecular formula is C24H21ClFNO5. The monoisotopic (exact) mass is 457 g/mol. The van der Waals surface area contributed by atoms with Crippen LogP contribution in [-0.4, -0.2) is 30.7 Å². The van der Waals surface area contributed by atoms with Gasteiger partial charge < -0.3 is 18.8 Å². The second-order valence-electron chi connectivity index (χ2n) is 7.40. The lowest BCUT2D eigenvalue weighted by Gasteiger charge is -2.32. The van der Waals surface area contributed by atoms with Gasteiger partial charge in [0.05, 0.1) is 22.9 Å². The third-order valence-electron chi connectivity index (χ3n) is 5.14. The zero-order valence-corrected chi connectivity index (χ0v) is 18.3. The number of pyridine rings is 1. The number of carbonyl (C=O) groups excluding carboxylic acids is 1. The number of ether oxygens (including phenoxy) is 3. The highest BCUT2D eigenvalue weighted by atomic mass is 35.5. The highest BCUT2D eigenvalue weighted by Crippen LogP contribution is 2.44. The molecule has 0 saturated heterocycles. The van der Waals surface area contributed by atoms with Crippen LogP contribution in [0.2, 0.25) is 5.02 Å². The number of rotatable bonds is 7. The summed E-state index contributed by atoms with van der Waals surface area (Å²) in [4.78, 5) is 24.6. The molecular weight excluding hydrogens is 437 g/mol. The number of halogens is 2.